The lowest BCUT2D eigenvalue weighted by Gasteiger charge is -2.24. The van der Waals surface area contributed by atoms with Crippen molar-refractivity contribution in [3.8, 4) is 0 Å². The summed E-state index contributed by atoms with van der Waals surface area (Å²) in [6.45, 7) is 1.96. The van der Waals surface area contributed by atoms with Gasteiger partial charge >= 0.3 is 0 Å². The third-order valence-corrected chi connectivity index (χ3v) is 3.45. The maximum Gasteiger partial charge on any atom is 0.123 e. The zero-order valence-corrected chi connectivity index (χ0v) is 9.22. The first-order valence-corrected chi connectivity index (χ1v) is 5.63. The number of halogens is 1. The minimum Gasteiger partial charge on any atom is -0.325 e. The SMILES string of the molecule is Cc1cc(F)ccc1CC1(N)CCCC1. The summed E-state index contributed by atoms with van der Waals surface area (Å²) in [6, 6.07) is 4.99. The Morgan fingerprint density at radius 2 is 2.00 bits per heavy atom. The van der Waals surface area contributed by atoms with E-state index in [1.807, 2.05) is 13.0 Å². The predicted molar refractivity (Wildman–Crippen MR) is 60.2 cm³/mol. The lowest BCUT2D eigenvalue weighted by Crippen LogP contribution is -2.38. The zero-order valence-electron chi connectivity index (χ0n) is 9.22. The second-order valence-corrected chi connectivity index (χ2v) is 4.82. The van der Waals surface area contributed by atoms with Gasteiger partial charge in [-0.15, -0.1) is 0 Å². The van der Waals surface area contributed by atoms with E-state index < -0.39 is 0 Å². The van der Waals surface area contributed by atoms with E-state index in [4.69, 9.17) is 5.73 Å². The summed E-state index contributed by atoms with van der Waals surface area (Å²) in [7, 11) is 0. The van der Waals surface area contributed by atoms with E-state index in [1.54, 1.807) is 6.07 Å². The molecule has 0 radical (unpaired) electrons. The molecule has 2 heteroatoms. The third kappa shape index (κ3) is 2.37. The summed E-state index contributed by atoms with van der Waals surface area (Å²) >= 11 is 0. The second-order valence-electron chi connectivity index (χ2n) is 4.82. The van der Waals surface area contributed by atoms with Crippen LogP contribution in [0.25, 0.3) is 0 Å². The highest BCUT2D eigenvalue weighted by molar-refractivity contribution is 5.28. The van der Waals surface area contributed by atoms with Gasteiger partial charge in [0.25, 0.3) is 0 Å². The van der Waals surface area contributed by atoms with E-state index in [0.29, 0.717) is 0 Å². The van der Waals surface area contributed by atoms with Gasteiger partial charge in [0.1, 0.15) is 5.82 Å². The number of nitrogens with two attached hydrogens (primary N) is 1. The van der Waals surface area contributed by atoms with Crippen molar-refractivity contribution in [1.82, 2.24) is 0 Å². The van der Waals surface area contributed by atoms with E-state index in [0.717, 1.165) is 24.8 Å². The minimum absolute atomic E-state index is 0.0391. The van der Waals surface area contributed by atoms with Gasteiger partial charge in [-0.05, 0) is 49.4 Å². The fraction of sp³-hybridized carbons (Fsp3) is 0.538. The predicted octanol–water partition coefficient (Wildman–Crippen LogP) is 2.95. The lowest BCUT2D eigenvalue weighted by atomic mass is 9.88. The van der Waals surface area contributed by atoms with Crippen molar-refractivity contribution in [1.29, 1.82) is 0 Å². The molecular weight excluding hydrogens is 189 g/mol. The number of benzene rings is 1. The zero-order chi connectivity index (χ0) is 10.9. The quantitative estimate of drug-likeness (QED) is 0.792. The summed E-state index contributed by atoms with van der Waals surface area (Å²) in [5.74, 6) is -0.159. The average Bonchev–Trinajstić information content (AvgIpc) is 2.58. The molecule has 0 aliphatic heterocycles. The van der Waals surface area contributed by atoms with Gasteiger partial charge in [-0.3, -0.25) is 0 Å². The van der Waals surface area contributed by atoms with Gasteiger partial charge in [-0.1, -0.05) is 18.9 Å². The molecule has 0 bridgehead atoms. The molecule has 0 aromatic heterocycles. The van der Waals surface area contributed by atoms with Crippen LogP contribution in [0.5, 0.6) is 0 Å². The number of aryl methyl sites for hydroxylation is 1. The lowest BCUT2D eigenvalue weighted by molar-refractivity contribution is 0.435. The Bertz CT molecular complexity index is 354. The molecule has 2 N–H and O–H groups in total. The van der Waals surface area contributed by atoms with E-state index in [1.165, 1.54) is 24.5 Å². The monoisotopic (exact) mass is 207 g/mol. The highest BCUT2D eigenvalue weighted by Gasteiger charge is 2.29. The summed E-state index contributed by atoms with van der Waals surface area (Å²) in [6.07, 6.45) is 5.56. The van der Waals surface area contributed by atoms with Crippen LogP contribution >= 0.6 is 0 Å². The largest absolute Gasteiger partial charge is 0.325 e. The Labute approximate surface area is 90.5 Å². The van der Waals surface area contributed by atoms with Crippen molar-refractivity contribution in [2.24, 2.45) is 5.73 Å². The van der Waals surface area contributed by atoms with Crippen LogP contribution in [0.15, 0.2) is 18.2 Å². The summed E-state index contributed by atoms with van der Waals surface area (Å²) in [5.41, 5.74) is 8.48. The number of rotatable bonds is 2. The van der Waals surface area contributed by atoms with Crippen molar-refractivity contribution in [2.75, 3.05) is 0 Å². The first-order chi connectivity index (χ1) is 7.09. The molecule has 1 nitrogen and oxygen atoms in total. The van der Waals surface area contributed by atoms with Crippen LogP contribution in [0.1, 0.15) is 36.8 Å². The molecule has 82 valence electrons. The Hall–Kier alpha value is -0.890. The molecule has 1 saturated carbocycles. The van der Waals surface area contributed by atoms with Crippen LogP contribution in [-0.2, 0) is 6.42 Å². The molecule has 0 saturated heterocycles. The smallest absolute Gasteiger partial charge is 0.123 e. The van der Waals surface area contributed by atoms with Gasteiger partial charge < -0.3 is 5.73 Å². The number of hydrogen-bond donors (Lipinski definition) is 1. The fourth-order valence-corrected chi connectivity index (χ4v) is 2.49. The highest BCUT2D eigenvalue weighted by atomic mass is 19.1. The highest BCUT2D eigenvalue weighted by Crippen LogP contribution is 2.31. The second kappa shape index (κ2) is 3.93. The molecule has 15 heavy (non-hydrogen) atoms. The van der Waals surface area contributed by atoms with Gasteiger partial charge in [0.2, 0.25) is 0 Å². The average molecular weight is 207 g/mol. The maximum absolute atomic E-state index is 12.9. The molecule has 0 spiro atoms. The van der Waals surface area contributed by atoms with Gasteiger partial charge in [0.15, 0.2) is 0 Å². The van der Waals surface area contributed by atoms with E-state index in [2.05, 4.69) is 0 Å². The van der Waals surface area contributed by atoms with Gasteiger partial charge in [-0.2, -0.15) is 0 Å². The first-order valence-electron chi connectivity index (χ1n) is 5.63. The van der Waals surface area contributed by atoms with Crippen LogP contribution in [0, 0.1) is 12.7 Å². The van der Waals surface area contributed by atoms with Crippen LogP contribution in [0.2, 0.25) is 0 Å². The first kappa shape index (κ1) is 10.6. The van der Waals surface area contributed by atoms with Crippen molar-refractivity contribution in [3.05, 3.63) is 35.1 Å². The van der Waals surface area contributed by atoms with E-state index in [-0.39, 0.29) is 11.4 Å². The Balaban J connectivity index is 2.16. The molecule has 1 aliphatic rings. The van der Waals surface area contributed by atoms with Crippen LogP contribution in [0.4, 0.5) is 4.39 Å². The minimum atomic E-state index is -0.159. The molecule has 0 heterocycles. The molecule has 0 amide bonds. The molecule has 1 aromatic carbocycles. The molecule has 0 unspecified atom stereocenters. The van der Waals surface area contributed by atoms with Crippen molar-refractivity contribution >= 4 is 0 Å². The van der Waals surface area contributed by atoms with E-state index >= 15 is 0 Å². The number of hydrogen-bond acceptors (Lipinski definition) is 1. The standard InChI is InChI=1S/C13H18FN/c1-10-8-12(14)5-4-11(10)9-13(15)6-2-3-7-13/h4-5,8H,2-3,6-7,9,15H2,1H3. The molecule has 1 aromatic rings. The van der Waals surface area contributed by atoms with Crippen LogP contribution in [-0.4, -0.2) is 5.54 Å². The van der Waals surface area contributed by atoms with Crippen molar-refractivity contribution in [2.45, 2.75) is 44.6 Å². The van der Waals surface area contributed by atoms with E-state index in [9.17, 15) is 4.39 Å². The normalized spacial score (nSPS) is 19.4. The Morgan fingerprint density at radius 1 is 1.33 bits per heavy atom. The summed E-state index contributed by atoms with van der Waals surface area (Å²) in [5, 5.41) is 0. The van der Waals surface area contributed by atoms with Crippen molar-refractivity contribution < 1.29 is 4.39 Å². The summed E-state index contributed by atoms with van der Waals surface area (Å²) < 4.78 is 12.9. The molecule has 0 atom stereocenters. The molecule has 2 rings (SSSR count). The summed E-state index contributed by atoms with van der Waals surface area (Å²) in [4.78, 5) is 0. The van der Waals surface area contributed by atoms with Gasteiger partial charge in [0, 0.05) is 5.54 Å². The maximum atomic E-state index is 12.9. The fourth-order valence-electron chi connectivity index (χ4n) is 2.49. The molecular formula is C13H18FN. The van der Waals surface area contributed by atoms with Crippen molar-refractivity contribution in [3.63, 3.8) is 0 Å². The van der Waals surface area contributed by atoms with Crippen LogP contribution in [0.3, 0.4) is 0 Å². The Morgan fingerprint density at radius 3 is 2.60 bits per heavy atom. The van der Waals surface area contributed by atoms with Gasteiger partial charge in [0.05, 0.1) is 0 Å². The topological polar surface area (TPSA) is 26.0 Å². The Kier molecular flexibility index (Phi) is 2.79. The van der Waals surface area contributed by atoms with Crippen LogP contribution < -0.4 is 5.73 Å². The molecule has 1 fully saturated rings. The third-order valence-electron chi connectivity index (χ3n) is 3.45. The molecule has 1 aliphatic carbocycles. The van der Waals surface area contributed by atoms with Gasteiger partial charge in [-0.25, -0.2) is 4.39 Å².